The van der Waals surface area contributed by atoms with Gasteiger partial charge in [0.2, 0.25) is 11.8 Å². The molecule has 2 atom stereocenters. The van der Waals surface area contributed by atoms with Crippen molar-refractivity contribution in [1.29, 1.82) is 0 Å². The quantitative estimate of drug-likeness (QED) is 0.818. The van der Waals surface area contributed by atoms with E-state index in [0.717, 1.165) is 25.8 Å². The largest absolute Gasteiger partial charge is 0.475 e. The van der Waals surface area contributed by atoms with E-state index < -0.39 is 0 Å². The van der Waals surface area contributed by atoms with Crippen LogP contribution in [0.25, 0.3) is 0 Å². The minimum Gasteiger partial charge on any atom is -0.475 e. The second kappa shape index (κ2) is 6.55. The summed E-state index contributed by atoms with van der Waals surface area (Å²) in [5.74, 6) is 1.04. The predicted octanol–water partition coefficient (Wildman–Crippen LogP) is 2.50. The van der Waals surface area contributed by atoms with Crippen LogP contribution in [0.15, 0.2) is 24.4 Å². The average Bonchev–Trinajstić information content (AvgIpc) is 2.45. The van der Waals surface area contributed by atoms with E-state index >= 15 is 0 Å². The molecule has 2 rings (SSSR count). The predicted molar refractivity (Wildman–Crippen MR) is 73.9 cm³/mol. The van der Waals surface area contributed by atoms with Crippen LogP contribution < -0.4 is 4.74 Å². The number of carbonyl (C=O) groups is 1. The van der Waals surface area contributed by atoms with Crippen LogP contribution in [-0.2, 0) is 4.79 Å². The van der Waals surface area contributed by atoms with E-state index in [1.165, 1.54) is 0 Å². The van der Waals surface area contributed by atoms with E-state index in [9.17, 15) is 4.79 Å². The molecule has 0 bridgehead atoms. The second-order valence-electron chi connectivity index (χ2n) is 5.12. The van der Waals surface area contributed by atoms with E-state index in [4.69, 9.17) is 4.74 Å². The second-order valence-corrected chi connectivity index (χ2v) is 5.12. The van der Waals surface area contributed by atoms with Gasteiger partial charge >= 0.3 is 0 Å². The third kappa shape index (κ3) is 3.46. The van der Waals surface area contributed by atoms with Gasteiger partial charge in [0.05, 0.1) is 6.04 Å². The summed E-state index contributed by atoms with van der Waals surface area (Å²) in [6, 6.07) is 5.75. The third-order valence-corrected chi connectivity index (χ3v) is 3.71. The van der Waals surface area contributed by atoms with Gasteiger partial charge in [-0.2, -0.15) is 0 Å². The van der Waals surface area contributed by atoms with Crippen LogP contribution in [0.2, 0.25) is 0 Å². The van der Waals surface area contributed by atoms with Gasteiger partial charge < -0.3 is 9.64 Å². The number of rotatable bonds is 5. The van der Waals surface area contributed by atoms with Crippen molar-refractivity contribution in [2.24, 2.45) is 5.92 Å². The summed E-state index contributed by atoms with van der Waals surface area (Å²) in [5, 5.41) is 0. The lowest BCUT2D eigenvalue weighted by Gasteiger charge is -2.36. The molecule has 1 unspecified atom stereocenters. The van der Waals surface area contributed by atoms with Gasteiger partial charge in [-0.15, -0.1) is 0 Å². The molecule has 19 heavy (non-hydrogen) atoms. The first kappa shape index (κ1) is 13.8. The van der Waals surface area contributed by atoms with Gasteiger partial charge in [0, 0.05) is 24.7 Å². The molecule has 0 aromatic carbocycles. The van der Waals surface area contributed by atoms with E-state index in [1.807, 2.05) is 30.0 Å². The van der Waals surface area contributed by atoms with Crippen LogP contribution in [0.5, 0.6) is 5.88 Å². The molecular weight excluding hydrogens is 240 g/mol. The van der Waals surface area contributed by atoms with Crippen LogP contribution in [0.4, 0.5) is 0 Å². The lowest BCUT2D eigenvalue weighted by atomic mass is 9.97. The molecule has 0 radical (unpaired) electrons. The number of carbonyl (C=O) groups excluding carboxylic acids is 1. The number of nitrogens with zero attached hydrogens (tertiary/aromatic N) is 2. The highest BCUT2D eigenvalue weighted by atomic mass is 16.5. The summed E-state index contributed by atoms with van der Waals surface area (Å²) in [6.07, 6.45) is 4.72. The van der Waals surface area contributed by atoms with Crippen molar-refractivity contribution < 1.29 is 9.53 Å². The van der Waals surface area contributed by atoms with Gasteiger partial charge in [-0.25, -0.2) is 4.98 Å². The molecule has 1 saturated heterocycles. The zero-order valence-electron chi connectivity index (χ0n) is 11.7. The Morgan fingerprint density at radius 1 is 1.53 bits per heavy atom. The topological polar surface area (TPSA) is 42.4 Å². The van der Waals surface area contributed by atoms with E-state index in [1.54, 1.807) is 6.20 Å². The number of pyridine rings is 1. The maximum absolute atomic E-state index is 12.2. The smallest absolute Gasteiger partial charge is 0.225 e. The number of hydrogen-bond donors (Lipinski definition) is 0. The van der Waals surface area contributed by atoms with Crippen molar-refractivity contribution >= 4 is 5.91 Å². The van der Waals surface area contributed by atoms with Crippen LogP contribution in [0, 0.1) is 5.92 Å². The maximum atomic E-state index is 12.2. The number of likely N-dealkylation sites (tertiary alicyclic amines) is 1. The number of amides is 1. The molecule has 1 aliphatic rings. The van der Waals surface area contributed by atoms with Crippen LogP contribution >= 0.6 is 0 Å². The summed E-state index contributed by atoms with van der Waals surface area (Å²) in [5.41, 5.74) is 0. The first-order chi connectivity index (χ1) is 9.22. The van der Waals surface area contributed by atoms with Gasteiger partial charge in [0.15, 0.2) is 0 Å². The van der Waals surface area contributed by atoms with Gasteiger partial charge in [-0.05, 0) is 25.3 Å². The molecule has 1 fully saturated rings. The molecule has 2 heterocycles. The summed E-state index contributed by atoms with van der Waals surface area (Å²) < 4.78 is 5.69. The minimum atomic E-state index is 0.150. The van der Waals surface area contributed by atoms with Crippen molar-refractivity contribution in [3.05, 3.63) is 24.4 Å². The zero-order chi connectivity index (χ0) is 13.7. The fraction of sp³-hybridized carbons (Fsp3) is 0.600. The van der Waals surface area contributed by atoms with Crippen LogP contribution in [0.3, 0.4) is 0 Å². The fourth-order valence-corrected chi connectivity index (χ4v) is 2.49. The summed E-state index contributed by atoms with van der Waals surface area (Å²) in [6.45, 7) is 5.49. The number of hydrogen-bond acceptors (Lipinski definition) is 3. The zero-order valence-corrected chi connectivity index (χ0v) is 11.7. The third-order valence-electron chi connectivity index (χ3n) is 3.71. The van der Waals surface area contributed by atoms with E-state index in [2.05, 4.69) is 11.9 Å². The number of aromatic nitrogens is 1. The molecule has 1 aromatic rings. The molecule has 4 nitrogen and oxygen atoms in total. The van der Waals surface area contributed by atoms with E-state index in [-0.39, 0.29) is 17.9 Å². The lowest BCUT2D eigenvalue weighted by molar-refractivity contribution is -0.141. The molecule has 1 aliphatic heterocycles. The first-order valence-electron chi connectivity index (χ1n) is 7.06. The van der Waals surface area contributed by atoms with Gasteiger partial charge in [0.25, 0.3) is 0 Å². The van der Waals surface area contributed by atoms with Gasteiger partial charge in [-0.3, -0.25) is 4.79 Å². The molecule has 104 valence electrons. The Kier molecular flexibility index (Phi) is 4.77. The fourth-order valence-electron chi connectivity index (χ4n) is 2.49. The van der Waals surface area contributed by atoms with Crippen molar-refractivity contribution in [3.63, 3.8) is 0 Å². The molecular formula is C15H22N2O2. The highest BCUT2D eigenvalue weighted by Gasteiger charge is 2.30. The molecule has 4 heteroatoms. The standard InChI is InChI=1S/C15H22N2O2/c1-3-13(11-19-14-8-4-5-9-16-14)17-10-6-7-12(2)15(17)18/h4-5,8-9,12-13H,3,6-7,10-11H2,1-2H3/t12?,13-/m0/s1. The average molecular weight is 262 g/mol. The summed E-state index contributed by atoms with van der Waals surface area (Å²) in [4.78, 5) is 18.3. The molecule has 0 saturated carbocycles. The summed E-state index contributed by atoms with van der Waals surface area (Å²) in [7, 11) is 0. The molecule has 1 aromatic heterocycles. The Morgan fingerprint density at radius 2 is 2.37 bits per heavy atom. The number of piperidine rings is 1. The van der Waals surface area contributed by atoms with Crippen molar-refractivity contribution in [1.82, 2.24) is 9.88 Å². The highest BCUT2D eigenvalue weighted by molar-refractivity contribution is 5.79. The first-order valence-corrected chi connectivity index (χ1v) is 7.06. The molecule has 0 aliphatic carbocycles. The molecule has 1 amide bonds. The Labute approximate surface area is 114 Å². The highest BCUT2D eigenvalue weighted by Crippen LogP contribution is 2.21. The van der Waals surface area contributed by atoms with Gasteiger partial charge in [-0.1, -0.05) is 19.9 Å². The molecule has 0 spiro atoms. The van der Waals surface area contributed by atoms with Crippen LogP contribution in [0.1, 0.15) is 33.1 Å². The Balaban J connectivity index is 1.94. The molecule has 0 N–H and O–H groups in total. The SMILES string of the molecule is CC[C@@H](COc1ccccn1)N1CCCC(C)C1=O. The van der Waals surface area contributed by atoms with Crippen molar-refractivity contribution in [3.8, 4) is 5.88 Å². The van der Waals surface area contributed by atoms with Gasteiger partial charge in [0.1, 0.15) is 6.61 Å². The summed E-state index contributed by atoms with van der Waals surface area (Å²) >= 11 is 0. The minimum absolute atomic E-state index is 0.150. The monoisotopic (exact) mass is 262 g/mol. The van der Waals surface area contributed by atoms with E-state index in [0.29, 0.717) is 12.5 Å². The van der Waals surface area contributed by atoms with Crippen LogP contribution in [-0.4, -0.2) is 35.0 Å². The maximum Gasteiger partial charge on any atom is 0.225 e. The normalized spacial score (nSPS) is 21.3. The van der Waals surface area contributed by atoms with Crippen molar-refractivity contribution in [2.75, 3.05) is 13.2 Å². The Hall–Kier alpha value is -1.58. The Bertz CT molecular complexity index is 408. The van der Waals surface area contributed by atoms with Crippen molar-refractivity contribution in [2.45, 2.75) is 39.2 Å². The lowest BCUT2D eigenvalue weighted by Crippen LogP contribution is -2.48. The number of ether oxygens (including phenoxy) is 1. The Morgan fingerprint density at radius 3 is 3.05 bits per heavy atom.